The average Bonchev–Trinajstić information content (AvgIpc) is 2.75. The Balaban J connectivity index is 1.87. The quantitative estimate of drug-likeness (QED) is 0.602. The van der Waals surface area contributed by atoms with E-state index in [1.54, 1.807) is 49.5 Å². The number of methoxy groups -OCH3 is 1. The Kier molecular flexibility index (Phi) is 6.37. The van der Waals surface area contributed by atoms with Crippen molar-refractivity contribution in [2.75, 3.05) is 11.8 Å². The van der Waals surface area contributed by atoms with Crippen molar-refractivity contribution in [3.05, 3.63) is 83.7 Å². The highest BCUT2D eigenvalue weighted by atomic mass is 32.2. The third-order valence-corrected chi connectivity index (χ3v) is 5.90. The Bertz CT molecular complexity index is 1130. The van der Waals surface area contributed by atoms with Crippen LogP contribution in [0.1, 0.15) is 34.6 Å². The van der Waals surface area contributed by atoms with Gasteiger partial charge in [0.15, 0.2) is 0 Å². The maximum absolute atomic E-state index is 13.0. The smallest absolute Gasteiger partial charge is 0.265 e. The van der Waals surface area contributed by atoms with Crippen molar-refractivity contribution < 1.29 is 17.9 Å². The molecule has 2 aromatic carbocycles. The molecule has 8 heteroatoms. The summed E-state index contributed by atoms with van der Waals surface area (Å²) in [7, 11) is -2.59. The number of benzene rings is 2. The fourth-order valence-corrected chi connectivity index (χ4v) is 4.10. The third-order valence-electron chi connectivity index (χ3n) is 4.50. The van der Waals surface area contributed by atoms with Crippen LogP contribution in [-0.2, 0) is 10.0 Å². The van der Waals surface area contributed by atoms with E-state index < -0.39 is 15.9 Å². The molecule has 0 aliphatic heterocycles. The van der Waals surface area contributed by atoms with Crippen LogP contribution in [0.5, 0.6) is 5.75 Å². The molecular formula is C22H23N3O4S. The molecule has 0 aliphatic carbocycles. The zero-order valence-corrected chi connectivity index (χ0v) is 17.7. The summed E-state index contributed by atoms with van der Waals surface area (Å²) < 4.78 is 33.6. The van der Waals surface area contributed by atoms with Crippen LogP contribution in [0.25, 0.3) is 0 Å². The molecule has 1 amide bonds. The number of nitrogens with one attached hydrogen (secondary N) is 2. The molecule has 1 atom stereocenters. The summed E-state index contributed by atoms with van der Waals surface area (Å²) in [6.07, 6.45) is 1.65. The van der Waals surface area contributed by atoms with Gasteiger partial charge in [-0.3, -0.25) is 14.5 Å². The molecule has 1 heterocycles. The molecule has 0 bridgehead atoms. The molecule has 1 aromatic heterocycles. The SMILES string of the molecule is COc1ccc(C(=O)N[C@H](C)c2ccccn2)cc1S(=O)(=O)Nc1ccc(C)cc1. The van der Waals surface area contributed by atoms with Gasteiger partial charge in [0, 0.05) is 17.4 Å². The van der Waals surface area contributed by atoms with E-state index in [0.29, 0.717) is 11.4 Å². The topological polar surface area (TPSA) is 97.4 Å². The molecule has 0 saturated carbocycles. The van der Waals surface area contributed by atoms with Gasteiger partial charge in [-0.05, 0) is 56.3 Å². The lowest BCUT2D eigenvalue weighted by molar-refractivity contribution is 0.0939. The number of pyridine rings is 1. The number of hydrogen-bond donors (Lipinski definition) is 2. The van der Waals surface area contributed by atoms with Crippen molar-refractivity contribution in [1.82, 2.24) is 10.3 Å². The number of sulfonamides is 1. The van der Waals surface area contributed by atoms with Crippen LogP contribution in [-0.4, -0.2) is 26.4 Å². The van der Waals surface area contributed by atoms with Crippen LogP contribution in [0.15, 0.2) is 71.8 Å². The van der Waals surface area contributed by atoms with Gasteiger partial charge in [0.1, 0.15) is 10.6 Å². The second kappa shape index (κ2) is 8.96. The monoisotopic (exact) mass is 425 g/mol. The number of hydrogen-bond acceptors (Lipinski definition) is 5. The molecule has 2 N–H and O–H groups in total. The van der Waals surface area contributed by atoms with Gasteiger partial charge in [-0.25, -0.2) is 8.42 Å². The second-order valence-electron chi connectivity index (χ2n) is 6.79. The highest BCUT2D eigenvalue weighted by Gasteiger charge is 2.22. The maximum atomic E-state index is 13.0. The van der Waals surface area contributed by atoms with E-state index in [9.17, 15) is 13.2 Å². The zero-order chi connectivity index (χ0) is 21.7. The Morgan fingerprint density at radius 3 is 2.43 bits per heavy atom. The summed E-state index contributed by atoms with van der Waals surface area (Å²) in [5.41, 5.74) is 2.33. The van der Waals surface area contributed by atoms with Gasteiger partial charge in [-0.1, -0.05) is 23.8 Å². The standard InChI is InChI=1S/C22H23N3O4S/c1-15-7-10-18(11-8-15)25-30(27,28)21-14-17(9-12-20(21)29-3)22(26)24-16(2)19-6-4-5-13-23-19/h4-14,16,25H,1-3H3,(H,24,26)/t16-/m1/s1. The number of rotatable bonds is 7. The molecule has 156 valence electrons. The predicted molar refractivity (Wildman–Crippen MR) is 115 cm³/mol. The fraction of sp³-hybridized carbons (Fsp3) is 0.182. The summed E-state index contributed by atoms with van der Waals surface area (Å²) >= 11 is 0. The number of amides is 1. The number of ether oxygens (including phenoxy) is 1. The van der Waals surface area contributed by atoms with Gasteiger partial charge in [-0.15, -0.1) is 0 Å². The minimum Gasteiger partial charge on any atom is -0.495 e. The molecule has 0 unspecified atom stereocenters. The molecule has 0 radical (unpaired) electrons. The van der Waals surface area contributed by atoms with Gasteiger partial charge in [0.2, 0.25) is 0 Å². The first-order chi connectivity index (χ1) is 14.3. The summed E-state index contributed by atoms with van der Waals surface area (Å²) in [5, 5.41) is 2.83. The normalized spacial score (nSPS) is 12.1. The molecular weight excluding hydrogens is 402 g/mol. The Hall–Kier alpha value is -3.39. The lowest BCUT2D eigenvalue weighted by Gasteiger charge is -2.15. The highest BCUT2D eigenvalue weighted by Crippen LogP contribution is 2.27. The predicted octanol–water partition coefficient (Wildman–Crippen LogP) is 3.69. The van der Waals surface area contributed by atoms with Gasteiger partial charge < -0.3 is 10.1 Å². The molecule has 0 fully saturated rings. The van der Waals surface area contributed by atoms with Crippen molar-refractivity contribution in [3.8, 4) is 5.75 Å². The van der Waals surface area contributed by atoms with E-state index in [2.05, 4.69) is 15.0 Å². The van der Waals surface area contributed by atoms with Crippen molar-refractivity contribution in [3.63, 3.8) is 0 Å². The Morgan fingerprint density at radius 1 is 1.07 bits per heavy atom. The summed E-state index contributed by atoms with van der Waals surface area (Å²) in [6.45, 7) is 3.72. The molecule has 7 nitrogen and oxygen atoms in total. The van der Waals surface area contributed by atoms with Crippen molar-refractivity contribution in [2.24, 2.45) is 0 Å². The zero-order valence-electron chi connectivity index (χ0n) is 16.9. The molecule has 3 rings (SSSR count). The van der Waals surface area contributed by atoms with Crippen molar-refractivity contribution in [1.29, 1.82) is 0 Å². The molecule has 0 spiro atoms. The van der Waals surface area contributed by atoms with Crippen LogP contribution in [0.4, 0.5) is 5.69 Å². The van der Waals surface area contributed by atoms with Gasteiger partial charge in [0.05, 0.1) is 18.8 Å². The third kappa shape index (κ3) is 4.96. The number of aryl methyl sites for hydroxylation is 1. The molecule has 3 aromatic rings. The van der Waals surface area contributed by atoms with Crippen LogP contribution in [0, 0.1) is 6.92 Å². The van der Waals surface area contributed by atoms with Crippen LogP contribution < -0.4 is 14.8 Å². The number of nitrogens with zero attached hydrogens (tertiary/aromatic N) is 1. The van der Waals surface area contributed by atoms with E-state index in [0.717, 1.165) is 5.56 Å². The van der Waals surface area contributed by atoms with Crippen molar-refractivity contribution in [2.45, 2.75) is 24.8 Å². The minimum absolute atomic E-state index is 0.122. The summed E-state index contributed by atoms with van der Waals surface area (Å²) in [4.78, 5) is 16.8. The van der Waals surface area contributed by atoms with E-state index >= 15 is 0 Å². The number of carbonyl (C=O) groups is 1. The Labute approximate surface area is 176 Å². The second-order valence-corrected chi connectivity index (χ2v) is 8.44. The van der Waals surface area contributed by atoms with E-state index in [1.807, 2.05) is 13.0 Å². The average molecular weight is 426 g/mol. The maximum Gasteiger partial charge on any atom is 0.265 e. The first-order valence-corrected chi connectivity index (χ1v) is 10.8. The highest BCUT2D eigenvalue weighted by molar-refractivity contribution is 7.92. The lowest BCUT2D eigenvalue weighted by Crippen LogP contribution is -2.27. The van der Waals surface area contributed by atoms with Crippen LogP contribution in [0.2, 0.25) is 0 Å². The summed E-state index contributed by atoms with van der Waals surface area (Å²) in [5.74, 6) is -0.272. The largest absolute Gasteiger partial charge is 0.495 e. The number of aromatic nitrogens is 1. The van der Waals surface area contributed by atoms with Gasteiger partial charge in [-0.2, -0.15) is 0 Å². The molecule has 0 aliphatic rings. The van der Waals surface area contributed by atoms with Crippen molar-refractivity contribution >= 4 is 21.6 Å². The first kappa shape index (κ1) is 21.3. The Morgan fingerprint density at radius 2 is 1.80 bits per heavy atom. The summed E-state index contributed by atoms with van der Waals surface area (Å²) in [6, 6.07) is 16.3. The lowest BCUT2D eigenvalue weighted by atomic mass is 10.1. The fourth-order valence-electron chi connectivity index (χ4n) is 2.85. The number of anilines is 1. The van der Waals surface area contributed by atoms with Crippen LogP contribution in [0.3, 0.4) is 0 Å². The number of carbonyl (C=O) groups excluding carboxylic acids is 1. The van der Waals surface area contributed by atoms with Crippen LogP contribution >= 0.6 is 0 Å². The van der Waals surface area contributed by atoms with E-state index in [4.69, 9.17) is 4.74 Å². The van der Waals surface area contributed by atoms with Gasteiger partial charge >= 0.3 is 0 Å². The molecule has 30 heavy (non-hydrogen) atoms. The van der Waals surface area contributed by atoms with E-state index in [1.165, 1.54) is 25.3 Å². The van der Waals surface area contributed by atoms with E-state index in [-0.39, 0.29) is 22.3 Å². The first-order valence-electron chi connectivity index (χ1n) is 9.29. The van der Waals surface area contributed by atoms with Gasteiger partial charge in [0.25, 0.3) is 15.9 Å². The molecule has 0 saturated heterocycles. The minimum atomic E-state index is -3.97.